The Bertz CT molecular complexity index is 404. The maximum Gasteiger partial charge on any atom is 0.116 e. The molecule has 1 aliphatic carbocycles. The van der Waals surface area contributed by atoms with Crippen LogP contribution in [0.1, 0.15) is 41.5 Å². The normalized spacial score (nSPS) is 28.6. The summed E-state index contributed by atoms with van der Waals surface area (Å²) in [6.45, 7) is 6.24. The van der Waals surface area contributed by atoms with Crippen molar-refractivity contribution in [1.82, 2.24) is 0 Å². The van der Waals surface area contributed by atoms with Crippen molar-refractivity contribution in [2.75, 3.05) is 0 Å². The molecule has 94 valence electrons. The minimum atomic E-state index is -1.08. The van der Waals surface area contributed by atoms with Gasteiger partial charge in [-0.05, 0) is 56.7 Å². The standard InChI is InChI=1S/C15H22FN/c1-10-6-11(2)14(12(3)7-10)9-15(16)5-4-13(17)8-15/h6-7,13H,4-5,8-9,17H2,1-3H3. The first kappa shape index (κ1) is 12.6. The van der Waals surface area contributed by atoms with Crippen LogP contribution in [0.3, 0.4) is 0 Å². The van der Waals surface area contributed by atoms with Crippen LogP contribution >= 0.6 is 0 Å². The van der Waals surface area contributed by atoms with Gasteiger partial charge in [-0.3, -0.25) is 0 Å². The summed E-state index contributed by atoms with van der Waals surface area (Å²) in [5.41, 5.74) is 9.58. The first-order valence-electron chi connectivity index (χ1n) is 6.41. The summed E-state index contributed by atoms with van der Waals surface area (Å²) in [6.07, 6.45) is 2.47. The first-order valence-corrected chi connectivity index (χ1v) is 6.41. The van der Waals surface area contributed by atoms with Crippen LogP contribution < -0.4 is 5.73 Å². The zero-order valence-corrected chi connectivity index (χ0v) is 11.0. The molecule has 17 heavy (non-hydrogen) atoms. The molecule has 0 radical (unpaired) electrons. The highest BCUT2D eigenvalue weighted by Gasteiger charge is 2.38. The Labute approximate surface area is 103 Å². The van der Waals surface area contributed by atoms with Gasteiger partial charge >= 0.3 is 0 Å². The maximum absolute atomic E-state index is 14.6. The van der Waals surface area contributed by atoms with Crippen LogP contribution in [0.15, 0.2) is 12.1 Å². The minimum Gasteiger partial charge on any atom is -0.328 e. The third-order valence-electron chi connectivity index (χ3n) is 3.93. The van der Waals surface area contributed by atoms with Crippen LogP contribution in [0.25, 0.3) is 0 Å². The third kappa shape index (κ3) is 2.68. The highest BCUT2D eigenvalue weighted by atomic mass is 19.1. The Balaban J connectivity index is 2.24. The molecule has 1 aromatic rings. The van der Waals surface area contributed by atoms with Crippen LogP contribution in [-0.2, 0) is 6.42 Å². The fourth-order valence-electron chi connectivity index (χ4n) is 3.08. The SMILES string of the molecule is Cc1cc(C)c(CC2(F)CCC(N)C2)c(C)c1. The fraction of sp³-hybridized carbons (Fsp3) is 0.600. The average Bonchev–Trinajstić information content (AvgIpc) is 2.53. The van der Waals surface area contributed by atoms with Gasteiger partial charge in [0.25, 0.3) is 0 Å². The summed E-state index contributed by atoms with van der Waals surface area (Å²) in [5, 5.41) is 0. The van der Waals surface area contributed by atoms with Crippen molar-refractivity contribution in [3.8, 4) is 0 Å². The van der Waals surface area contributed by atoms with Crippen molar-refractivity contribution >= 4 is 0 Å². The summed E-state index contributed by atoms with van der Waals surface area (Å²) >= 11 is 0. The molecule has 0 saturated heterocycles. The van der Waals surface area contributed by atoms with Gasteiger partial charge < -0.3 is 5.73 Å². The Morgan fingerprint density at radius 1 is 1.29 bits per heavy atom. The van der Waals surface area contributed by atoms with E-state index in [4.69, 9.17) is 5.73 Å². The van der Waals surface area contributed by atoms with Crippen LogP contribution in [0.4, 0.5) is 4.39 Å². The Kier molecular flexibility index (Phi) is 3.26. The van der Waals surface area contributed by atoms with Crippen molar-refractivity contribution < 1.29 is 4.39 Å². The number of nitrogens with two attached hydrogens (primary N) is 1. The molecule has 2 unspecified atom stereocenters. The molecule has 0 heterocycles. The molecule has 1 fully saturated rings. The smallest absolute Gasteiger partial charge is 0.116 e. The predicted molar refractivity (Wildman–Crippen MR) is 70.0 cm³/mol. The Hall–Kier alpha value is -0.890. The van der Waals surface area contributed by atoms with Crippen LogP contribution in [0.5, 0.6) is 0 Å². The van der Waals surface area contributed by atoms with Crippen molar-refractivity contribution in [3.63, 3.8) is 0 Å². The lowest BCUT2D eigenvalue weighted by Crippen LogP contribution is -2.26. The number of hydrogen-bond acceptors (Lipinski definition) is 1. The maximum atomic E-state index is 14.6. The molecule has 2 N–H and O–H groups in total. The van der Waals surface area contributed by atoms with Crippen molar-refractivity contribution in [2.45, 2.75) is 58.2 Å². The van der Waals surface area contributed by atoms with Gasteiger partial charge in [0.1, 0.15) is 5.67 Å². The summed E-state index contributed by atoms with van der Waals surface area (Å²) in [7, 11) is 0. The molecule has 1 aliphatic rings. The van der Waals surface area contributed by atoms with E-state index >= 15 is 0 Å². The van der Waals surface area contributed by atoms with Gasteiger partial charge in [-0.1, -0.05) is 17.7 Å². The van der Waals surface area contributed by atoms with Gasteiger partial charge in [-0.2, -0.15) is 0 Å². The summed E-state index contributed by atoms with van der Waals surface area (Å²) < 4.78 is 14.6. The molecule has 2 heteroatoms. The van der Waals surface area contributed by atoms with Crippen molar-refractivity contribution in [1.29, 1.82) is 0 Å². The monoisotopic (exact) mass is 235 g/mol. The Morgan fingerprint density at radius 2 is 1.88 bits per heavy atom. The largest absolute Gasteiger partial charge is 0.328 e. The van der Waals surface area contributed by atoms with E-state index in [1.165, 1.54) is 22.3 Å². The summed E-state index contributed by atoms with van der Waals surface area (Å²) in [5.74, 6) is 0. The van der Waals surface area contributed by atoms with E-state index in [2.05, 4.69) is 32.9 Å². The van der Waals surface area contributed by atoms with Gasteiger partial charge in [0.2, 0.25) is 0 Å². The molecule has 0 aliphatic heterocycles. The molecule has 2 rings (SSSR count). The number of rotatable bonds is 2. The zero-order valence-electron chi connectivity index (χ0n) is 11.0. The lowest BCUT2D eigenvalue weighted by atomic mass is 9.88. The second-order valence-electron chi connectivity index (χ2n) is 5.71. The molecule has 0 spiro atoms. The first-order chi connectivity index (χ1) is 7.89. The molecule has 0 bridgehead atoms. The molecular formula is C15H22FN. The van der Waals surface area contributed by atoms with E-state index in [9.17, 15) is 4.39 Å². The summed E-state index contributed by atoms with van der Waals surface area (Å²) in [6, 6.07) is 4.33. The number of aryl methyl sites for hydroxylation is 3. The molecule has 0 amide bonds. The molecule has 1 nitrogen and oxygen atoms in total. The molecule has 1 aromatic carbocycles. The molecule has 0 aromatic heterocycles. The average molecular weight is 235 g/mol. The fourth-order valence-corrected chi connectivity index (χ4v) is 3.08. The second-order valence-corrected chi connectivity index (χ2v) is 5.71. The Morgan fingerprint density at radius 3 is 2.35 bits per heavy atom. The van der Waals surface area contributed by atoms with Crippen LogP contribution in [0.2, 0.25) is 0 Å². The lowest BCUT2D eigenvalue weighted by molar-refractivity contribution is 0.170. The second kappa shape index (κ2) is 4.41. The van der Waals surface area contributed by atoms with Gasteiger partial charge in [-0.15, -0.1) is 0 Å². The summed E-state index contributed by atoms with van der Waals surface area (Å²) in [4.78, 5) is 0. The van der Waals surface area contributed by atoms with E-state index < -0.39 is 5.67 Å². The highest BCUT2D eigenvalue weighted by molar-refractivity contribution is 5.38. The van der Waals surface area contributed by atoms with Crippen molar-refractivity contribution in [3.05, 3.63) is 34.4 Å². The van der Waals surface area contributed by atoms with Crippen LogP contribution in [-0.4, -0.2) is 11.7 Å². The van der Waals surface area contributed by atoms with Crippen molar-refractivity contribution in [2.24, 2.45) is 5.73 Å². The van der Waals surface area contributed by atoms with E-state index in [-0.39, 0.29) is 6.04 Å². The zero-order chi connectivity index (χ0) is 12.6. The minimum absolute atomic E-state index is 0.0473. The highest BCUT2D eigenvalue weighted by Crippen LogP contribution is 2.37. The van der Waals surface area contributed by atoms with Gasteiger partial charge in [-0.25, -0.2) is 4.39 Å². The quantitative estimate of drug-likeness (QED) is 0.835. The van der Waals surface area contributed by atoms with Crippen LogP contribution in [0, 0.1) is 20.8 Å². The molecular weight excluding hydrogens is 213 g/mol. The number of halogens is 1. The van der Waals surface area contributed by atoms with E-state index in [1.807, 2.05) is 0 Å². The van der Waals surface area contributed by atoms with Gasteiger partial charge in [0, 0.05) is 12.5 Å². The third-order valence-corrected chi connectivity index (χ3v) is 3.93. The van der Waals surface area contributed by atoms with Gasteiger partial charge in [0.05, 0.1) is 0 Å². The van der Waals surface area contributed by atoms with Gasteiger partial charge in [0.15, 0.2) is 0 Å². The van der Waals surface area contributed by atoms with E-state index in [0.29, 0.717) is 19.3 Å². The predicted octanol–water partition coefficient (Wildman–Crippen LogP) is 3.37. The van der Waals surface area contributed by atoms with E-state index in [0.717, 1.165) is 6.42 Å². The molecule has 2 atom stereocenters. The number of benzene rings is 1. The molecule has 1 saturated carbocycles. The lowest BCUT2D eigenvalue weighted by Gasteiger charge is -2.22. The van der Waals surface area contributed by atoms with E-state index in [1.54, 1.807) is 0 Å². The number of alkyl halides is 1. The number of hydrogen-bond donors (Lipinski definition) is 1. The topological polar surface area (TPSA) is 26.0 Å².